The van der Waals surface area contributed by atoms with Crippen LogP contribution in [0.15, 0.2) is 103 Å². The van der Waals surface area contributed by atoms with Crippen molar-refractivity contribution in [3.63, 3.8) is 0 Å². The van der Waals surface area contributed by atoms with Gasteiger partial charge in [-0.2, -0.15) is 0 Å². The largest absolute Gasteiger partial charge is 0.497 e. The third-order valence-corrected chi connectivity index (χ3v) is 7.63. The number of fused-ring (bicyclic) bond motifs is 3. The highest BCUT2D eigenvalue weighted by atomic mass is 35.5. The van der Waals surface area contributed by atoms with E-state index in [1.165, 1.54) is 64.2 Å². The van der Waals surface area contributed by atoms with Crippen molar-refractivity contribution >= 4 is 34.0 Å². The van der Waals surface area contributed by atoms with Crippen molar-refractivity contribution in [3.8, 4) is 11.5 Å². The highest BCUT2D eigenvalue weighted by Gasteiger charge is 2.21. The Labute approximate surface area is 231 Å². The molecule has 1 saturated heterocycles. The molecule has 1 atom stereocenters. The molecule has 0 amide bonds. The van der Waals surface area contributed by atoms with Crippen LogP contribution in [-0.2, 0) is 0 Å². The first-order valence-electron chi connectivity index (χ1n) is 13.3. The number of hydrogen-bond acceptors (Lipinski definition) is 3. The molecule has 1 fully saturated rings. The van der Waals surface area contributed by atoms with Gasteiger partial charge in [-0.15, -0.1) is 12.4 Å². The summed E-state index contributed by atoms with van der Waals surface area (Å²) >= 11 is 0. The van der Waals surface area contributed by atoms with Crippen LogP contribution < -0.4 is 9.47 Å². The molecule has 194 valence electrons. The third-order valence-electron chi connectivity index (χ3n) is 7.63. The van der Waals surface area contributed by atoms with E-state index in [9.17, 15) is 0 Å². The Morgan fingerprint density at radius 1 is 0.684 bits per heavy atom. The van der Waals surface area contributed by atoms with Crippen LogP contribution in [0.2, 0.25) is 0 Å². The van der Waals surface area contributed by atoms with E-state index in [-0.39, 0.29) is 18.3 Å². The number of ether oxygens (including phenoxy) is 2. The normalized spacial score (nSPS) is 14.3. The topological polar surface area (TPSA) is 21.7 Å². The minimum atomic E-state index is 0. The zero-order chi connectivity index (χ0) is 25.0. The molecule has 0 aliphatic carbocycles. The van der Waals surface area contributed by atoms with Gasteiger partial charge in [0.25, 0.3) is 0 Å². The van der Waals surface area contributed by atoms with E-state index in [0.717, 1.165) is 24.7 Å². The second kappa shape index (κ2) is 11.9. The predicted octanol–water partition coefficient (Wildman–Crippen LogP) is 8.08. The van der Waals surface area contributed by atoms with Crippen molar-refractivity contribution in [1.82, 2.24) is 4.90 Å². The standard InChI is InChI=1S/C34H33NO2.ClH/c1-36-29-11-8-10-27(23-29)34(25-15-17-28(18-16-25)37-22-21-35-19-6-7-20-35)33-24-26-9-2-3-12-30(26)31-13-4-5-14-32(31)33;/h2-5,8-18,23-24,34H,6-7,19-22H2,1H3;1H. The van der Waals surface area contributed by atoms with Crippen LogP contribution in [-0.4, -0.2) is 38.3 Å². The molecule has 38 heavy (non-hydrogen) atoms. The highest BCUT2D eigenvalue weighted by Crippen LogP contribution is 2.40. The molecular weight excluding hydrogens is 490 g/mol. The Morgan fingerprint density at radius 3 is 2.16 bits per heavy atom. The first kappa shape index (κ1) is 26.1. The summed E-state index contributed by atoms with van der Waals surface area (Å²) in [5, 5.41) is 5.10. The van der Waals surface area contributed by atoms with Crippen molar-refractivity contribution in [1.29, 1.82) is 0 Å². The second-order valence-electron chi connectivity index (χ2n) is 9.91. The zero-order valence-corrected chi connectivity index (χ0v) is 22.6. The van der Waals surface area contributed by atoms with Crippen molar-refractivity contribution in [2.24, 2.45) is 0 Å². The van der Waals surface area contributed by atoms with Crippen LogP contribution in [0.3, 0.4) is 0 Å². The lowest BCUT2D eigenvalue weighted by atomic mass is 9.81. The average molecular weight is 524 g/mol. The van der Waals surface area contributed by atoms with E-state index in [1.54, 1.807) is 7.11 Å². The van der Waals surface area contributed by atoms with Gasteiger partial charge in [-0.25, -0.2) is 0 Å². The van der Waals surface area contributed by atoms with E-state index in [4.69, 9.17) is 9.47 Å². The fourth-order valence-electron chi connectivity index (χ4n) is 5.75. The van der Waals surface area contributed by atoms with E-state index in [1.807, 2.05) is 6.07 Å². The molecule has 6 rings (SSSR count). The number of likely N-dealkylation sites (tertiary alicyclic amines) is 1. The van der Waals surface area contributed by atoms with Crippen LogP contribution in [0.5, 0.6) is 11.5 Å². The minimum Gasteiger partial charge on any atom is -0.497 e. The van der Waals surface area contributed by atoms with E-state index in [2.05, 4.69) is 102 Å². The maximum absolute atomic E-state index is 6.12. The van der Waals surface area contributed by atoms with Crippen LogP contribution in [0.4, 0.5) is 0 Å². The minimum absolute atomic E-state index is 0. The van der Waals surface area contributed by atoms with Crippen molar-refractivity contribution in [3.05, 3.63) is 120 Å². The Balaban J connectivity index is 0.00000294. The lowest BCUT2D eigenvalue weighted by Gasteiger charge is -2.23. The number of rotatable bonds is 8. The SMILES string of the molecule is COc1cccc(C(c2ccc(OCCN3CCCC3)cc2)c2cc3ccccc3c3ccccc23)c1.Cl. The molecule has 0 saturated carbocycles. The summed E-state index contributed by atoms with van der Waals surface area (Å²) in [6, 6.07) is 36.9. The van der Waals surface area contributed by atoms with Gasteiger partial charge in [-0.3, -0.25) is 4.90 Å². The van der Waals surface area contributed by atoms with Gasteiger partial charge in [-0.1, -0.05) is 72.8 Å². The molecule has 4 heteroatoms. The van der Waals surface area contributed by atoms with Gasteiger partial charge in [0, 0.05) is 12.5 Å². The summed E-state index contributed by atoms with van der Waals surface area (Å²) in [6.45, 7) is 4.12. The second-order valence-corrected chi connectivity index (χ2v) is 9.91. The molecule has 0 N–H and O–H groups in total. The molecule has 0 aromatic heterocycles. The summed E-state index contributed by atoms with van der Waals surface area (Å²) in [5.74, 6) is 1.86. The van der Waals surface area contributed by atoms with Crippen LogP contribution >= 0.6 is 12.4 Å². The van der Waals surface area contributed by atoms with Crippen molar-refractivity contribution in [2.75, 3.05) is 33.4 Å². The quantitative estimate of drug-likeness (QED) is 0.151. The van der Waals surface area contributed by atoms with Crippen LogP contribution in [0.1, 0.15) is 35.4 Å². The van der Waals surface area contributed by atoms with Crippen LogP contribution in [0, 0.1) is 0 Å². The van der Waals surface area contributed by atoms with Crippen LogP contribution in [0.25, 0.3) is 21.5 Å². The first-order chi connectivity index (χ1) is 18.3. The van der Waals surface area contributed by atoms with Crippen molar-refractivity contribution in [2.45, 2.75) is 18.8 Å². The van der Waals surface area contributed by atoms with Gasteiger partial charge < -0.3 is 9.47 Å². The lowest BCUT2D eigenvalue weighted by molar-refractivity contribution is 0.238. The molecule has 1 unspecified atom stereocenters. The molecule has 3 nitrogen and oxygen atoms in total. The van der Waals surface area contributed by atoms with Gasteiger partial charge >= 0.3 is 0 Å². The highest BCUT2D eigenvalue weighted by molar-refractivity contribution is 6.09. The number of benzene rings is 5. The fraction of sp³-hybridized carbons (Fsp3) is 0.235. The Kier molecular flexibility index (Phi) is 8.17. The lowest BCUT2D eigenvalue weighted by Crippen LogP contribution is -2.25. The van der Waals surface area contributed by atoms with Gasteiger partial charge in [0.2, 0.25) is 0 Å². The molecule has 0 spiro atoms. The molecule has 1 heterocycles. The number of hydrogen-bond donors (Lipinski definition) is 0. The van der Waals surface area contributed by atoms with E-state index in [0.29, 0.717) is 0 Å². The first-order valence-corrected chi connectivity index (χ1v) is 13.3. The molecule has 0 radical (unpaired) electrons. The van der Waals surface area contributed by atoms with Gasteiger partial charge in [0.15, 0.2) is 0 Å². The third kappa shape index (κ3) is 5.36. The Bertz CT molecular complexity index is 1510. The van der Waals surface area contributed by atoms with E-state index < -0.39 is 0 Å². The Morgan fingerprint density at radius 2 is 1.39 bits per heavy atom. The maximum atomic E-state index is 6.12. The smallest absolute Gasteiger partial charge is 0.119 e. The monoisotopic (exact) mass is 523 g/mol. The van der Waals surface area contributed by atoms with Gasteiger partial charge in [0.05, 0.1) is 7.11 Å². The van der Waals surface area contributed by atoms with Gasteiger partial charge in [-0.05, 0) is 94.5 Å². The van der Waals surface area contributed by atoms with Crippen molar-refractivity contribution < 1.29 is 9.47 Å². The number of halogens is 1. The summed E-state index contributed by atoms with van der Waals surface area (Å²) in [6.07, 6.45) is 2.62. The molecule has 5 aromatic carbocycles. The summed E-state index contributed by atoms with van der Waals surface area (Å²) in [5.41, 5.74) is 3.74. The average Bonchev–Trinajstić information content (AvgIpc) is 3.48. The molecule has 5 aromatic rings. The fourth-order valence-corrected chi connectivity index (χ4v) is 5.75. The maximum Gasteiger partial charge on any atom is 0.119 e. The molecule has 1 aliphatic rings. The predicted molar refractivity (Wildman–Crippen MR) is 160 cm³/mol. The van der Waals surface area contributed by atoms with E-state index >= 15 is 0 Å². The summed E-state index contributed by atoms with van der Waals surface area (Å²) in [7, 11) is 1.73. The number of nitrogens with zero attached hydrogens (tertiary/aromatic N) is 1. The molecule has 0 bridgehead atoms. The number of methoxy groups -OCH3 is 1. The zero-order valence-electron chi connectivity index (χ0n) is 21.8. The van der Waals surface area contributed by atoms with Gasteiger partial charge in [0.1, 0.15) is 18.1 Å². The molecule has 1 aliphatic heterocycles. The molecular formula is C34H34ClNO2. The summed E-state index contributed by atoms with van der Waals surface area (Å²) in [4.78, 5) is 2.48. The Hall–Kier alpha value is -3.53. The summed E-state index contributed by atoms with van der Waals surface area (Å²) < 4.78 is 11.7.